The summed E-state index contributed by atoms with van der Waals surface area (Å²) in [5.41, 5.74) is 1.15. The maximum Gasteiger partial charge on any atom is 0.269 e. The molecule has 0 saturated heterocycles. The van der Waals surface area contributed by atoms with Crippen LogP contribution in [0.25, 0.3) is 22.2 Å². The molecule has 140 valence electrons. The van der Waals surface area contributed by atoms with Gasteiger partial charge in [-0.25, -0.2) is 18.7 Å². The predicted octanol–water partition coefficient (Wildman–Crippen LogP) is 3.19. The van der Waals surface area contributed by atoms with Crippen LogP contribution in [0.1, 0.15) is 5.56 Å². The summed E-state index contributed by atoms with van der Waals surface area (Å²) >= 11 is 0. The second-order valence-corrected chi connectivity index (χ2v) is 6.05. The molecule has 0 aliphatic rings. The first-order chi connectivity index (χ1) is 13.6. The van der Waals surface area contributed by atoms with Crippen molar-refractivity contribution in [3.63, 3.8) is 0 Å². The Labute approximate surface area is 158 Å². The molecule has 4 aromatic rings. The number of pyridine rings is 2. The Bertz CT molecular complexity index is 1220. The number of nitrogens with zero attached hydrogens (tertiary/aromatic N) is 4. The fourth-order valence-electron chi connectivity index (χ4n) is 2.96. The molecule has 1 aromatic carbocycles. The SMILES string of the molecule is COc1cc(-c2cc(F)c(Cn3c(=O)cnc4cnccc43)c(F)c2)ccn1. The zero-order valence-electron chi connectivity index (χ0n) is 14.8. The first-order valence-corrected chi connectivity index (χ1v) is 8.34. The van der Waals surface area contributed by atoms with E-state index in [0.717, 1.165) is 6.20 Å². The van der Waals surface area contributed by atoms with Crippen LogP contribution in [0.5, 0.6) is 5.88 Å². The zero-order valence-corrected chi connectivity index (χ0v) is 14.8. The standard InChI is InChI=1S/C20H14F2N4O2/c1-28-19-8-12(2-5-24-19)13-6-15(21)14(16(22)7-13)11-26-18-3-4-23-9-17(18)25-10-20(26)27/h2-10H,11H2,1H3. The summed E-state index contributed by atoms with van der Waals surface area (Å²) in [5.74, 6) is -1.17. The van der Waals surface area contributed by atoms with Gasteiger partial charge in [0.05, 0.1) is 31.6 Å². The third-order valence-corrected chi connectivity index (χ3v) is 4.38. The molecule has 0 fully saturated rings. The molecule has 8 heteroatoms. The van der Waals surface area contributed by atoms with Gasteiger partial charge in [0.15, 0.2) is 0 Å². The lowest BCUT2D eigenvalue weighted by Gasteiger charge is -2.12. The monoisotopic (exact) mass is 380 g/mol. The van der Waals surface area contributed by atoms with Gasteiger partial charge in [0, 0.05) is 24.0 Å². The predicted molar refractivity (Wildman–Crippen MR) is 99.0 cm³/mol. The van der Waals surface area contributed by atoms with E-state index >= 15 is 0 Å². The summed E-state index contributed by atoms with van der Waals surface area (Å²) < 4.78 is 35.8. The highest BCUT2D eigenvalue weighted by atomic mass is 19.1. The van der Waals surface area contributed by atoms with Gasteiger partial charge in [-0.05, 0) is 35.4 Å². The Balaban J connectivity index is 1.78. The molecular weight excluding hydrogens is 366 g/mol. The minimum absolute atomic E-state index is 0.212. The number of rotatable bonds is 4. The molecule has 3 aromatic heterocycles. The van der Waals surface area contributed by atoms with Crippen molar-refractivity contribution < 1.29 is 13.5 Å². The summed E-state index contributed by atoms with van der Waals surface area (Å²) in [6.07, 6.45) is 5.58. The first kappa shape index (κ1) is 17.7. The lowest BCUT2D eigenvalue weighted by atomic mass is 10.0. The molecule has 0 bridgehead atoms. The molecule has 0 N–H and O–H groups in total. The van der Waals surface area contributed by atoms with E-state index in [1.807, 2.05) is 0 Å². The minimum Gasteiger partial charge on any atom is -0.481 e. The van der Waals surface area contributed by atoms with Gasteiger partial charge in [-0.2, -0.15) is 0 Å². The maximum atomic E-state index is 14.8. The summed E-state index contributed by atoms with van der Waals surface area (Å²) in [6, 6.07) is 7.25. The summed E-state index contributed by atoms with van der Waals surface area (Å²) in [5, 5.41) is 0. The Kier molecular flexibility index (Phi) is 4.52. The molecule has 0 atom stereocenters. The average Bonchev–Trinajstić information content (AvgIpc) is 2.72. The fraction of sp³-hybridized carbons (Fsp3) is 0.100. The summed E-state index contributed by atoms with van der Waals surface area (Å²) in [4.78, 5) is 24.2. The highest BCUT2D eigenvalue weighted by Crippen LogP contribution is 2.27. The Hall–Kier alpha value is -3.68. The van der Waals surface area contributed by atoms with Gasteiger partial charge < -0.3 is 9.30 Å². The number of methoxy groups -OCH3 is 1. The molecule has 6 nitrogen and oxygen atoms in total. The van der Waals surface area contributed by atoms with Crippen molar-refractivity contribution in [2.75, 3.05) is 7.11 Å². The van der Waals surface area contributed by atoms with Crippen LogP contribution in [-0.4, -0.2) is 26.6 Å². The van der Waals surface area contributed by atoms with Crippen LogP contribution in [-0.2, 0) is 6.54 Å². The number of fused-ring (bicyclic) bond motifs is 1. The van der Waals surface area contributed by atoms with Crippen LogP contribution in [0.4, 0.5) is 8.78 Å². The number of ether oxygens (including phenoxy) is 1. The number of hydrogen-bond acceptors (Lipinski definition) is 5. The van der Waals surface area contributed by atoms with Crippen LogP contribution in [0.2, 0.25) is 0 Å². The molecule has 0 spiro atoms. The Morgan fingerprint density at radius 2 is 1.79 bits per heavy atom. The highest BCUT2D eigenvalue weighted by Gasteiger charge is 2.15. The van der Waals surface area contributed by atoms with Crippen molar-refractivity contribution >= 4 is 11.0 Å². The molecule has 0 unspecified atom stereocenters. The molecule has 0 saturated carbocycles. The number of benzene rings is 1. The minimum atomic E-state index is -0.753. The van der Waals surface area contributed by atoms with Crippen molar-refractivity contribution in [1.82, 2.24) is 19.5 Å². The average molecular weight is 380 g/mol. The van der Waals surface area contributed by atoms with E-state index in [4.69, 9.17) is 4.74 Å². The molecule has 0 radical (unpaired) electrons. The maximum absolute atomic E-state index is 14.8. The molecule has 3 heterocycles. The third-order valence-electron chi connectivity index (χ3n) is 4.38. The molecule has 0 aliphatic heterocycles. The van der Waals surface area contributed by atoms with Gasteiger partial charge >= 0.3 is 0 Å². The second-order valence-electron chi connectivity index (χ2n) is 6.05. The molecule has 4 rings (SSSR count). The normalized spacial score (nSPS) is 11.0. The lowest BCUT2D eigenvalue weighted by Crippen LogP contribution is -2.22. The molecule has 0 amide bonds. The van der Waals surface area contributed by atoms with Gasteiger partial charge in [-0.3, -0.25) is 9.78 Å². The van der Waals surface area contributed by atoms with Crippen molar-refractivity contribution in [2.24, 2.45) is 0 Å². The van der Waals surface area contributed by atoms with Gasteiger partial charge in [-0.1, -0.05) is 0 Å². The van der Waals surface area contributed by atoms with Crippen molar-refractivity contribution in [1.29, 1.82) is 0 Å². The van der Waals surface area contributed by atoms with Gasteiger partial charge in [0.1, 0.15) is 17.2 Å². The number of hydrogen-bond donors (Lipinski definition) is 0. The van der Waals surface area contributed by atoms with E-state index in [2.05, 4.69) is 15.0 Å². The van der Waals surface area contributed by atoms with Gasteiger partial charge in [-0.15, -0.1) is 0 Å². The van der Waals surface area contributed by atoms with Crippen molar-refractivity contribution in [3.05, 3.63) is 82.7 Å². The molecule has 28 heavy (non-hydrogen) atoms. The highest BCUT2D eigenvalue weighted by molar-refractivity contribution is 5.73. The van der Waals surface area contributed by atoms with Crippen LogP contribution in [0.15, 0.2) is 59.9 Å². The Morgan fingerprint density at radius 1 is 1.00 bits per heavy atom. The molecular formula is C20H14F2N4O2. The Morgan fingerprint density at radius 3 is 2.54 bits per heavy atom. The van der Waals surface area contributed by atoms with Crippen LogP contribution in [0.3, 0.4) is 0 Å². The van der Waals surface area contributed by atoms with E-state index in [9.17, 15) is 13.6 Å². The smallest absolute Gasteiger partial charge is 0.269 e. The lowest BCUT2D eigenvalue weighted by molar-refractivity contribution is 0.398. The van der Waals surface area contributed by atoms with Gasteiger partial charge in [0.25, 0.3) is 5.56 Å². The fourth-order valence-corrected chi connectivity index (χ4v) is 2.96. The van der Waals surface area contributed by atoms with Crippen LogP contribution in [0, 0.1) is 11.6 Å². The van der Waals surface area contributed by atoms with Crippen LogP contribution < -0.4 is 10.3 Å². The molecule has 0 aliphatic carbocycles. The van der Waals surface area contributed by atoms with E-state index < -0.39 is 17.2 Å². The second kappa shape index (κ2) is 7.15. The summed E-state index contributed by atoms with van der Waals surface area (Å²) in [6.45, 7) is -0.264. The summed E-state index contributed by atoms with van der Waals surface area (Å²) in [7, 11) is 1.46. The van der Waals surface area contributed by atoms with Crippen LogP contribution >= 0.6 is 0 Å². The number of aromatic nitrogens is 4. The topological polar surface area (TPSA) is 69.9 Å². The van der Waals surface area contributed by atoms with E-state index in [1.54, 1.807) is 18.2 Å². The third kappa shape index (κ3) is 3.20. The quantitative estimate of drug-likeness (QED) is 0.544. The number of halogens is 2. The zero-order chi connectivity index (χ0) is 19.7. The van der Waals surface area contributed by atoms with E-state index in [0.29, 0.717) is 28.0 Å². The van der Waals surface area contributed by atoms with Crippen molar-refractivity contribution in [2.45, 2.75) is 6.54 Å². The van der Waals surface area contributed by atoms with Gasteiger partial charge in [0.2, 0.25) is 5.88 Å². The van der Waals surface area contributed by atoms with Crippen molar-refractivity contribution in [3.8, 4) is 17.0 Å². The largest absolute Gasteiger partial charge is 0.481 e. The van der Waals surface area contributed by atoms with E-state index in [-0.39, 0.29) is 12.1 Å². The first-order valence-electron chi connectivity index (χ1n) is 8.34. The van der Waals surface area contributed by atoms with E-state index in [1.165, 1.54) is 42.4 Å².